The van der Waals surface area contributed by atoms with Crippen LogP contribution >= 0.6 is 68.0 Å². The first-order chi connectivity index (χ1) is 20.4. The van der Waals surface area contributed by atoms with Crippen molar-refractivity contribution in [2.75, 3.05) is 5.73 Å². The summed E-state index contributed by atoms with van der Waals surface area (Å²) in [5.74, 6) is 0. The summed E-state index contributed by atoms with van der Waals surface area (Å²) in [5, 5.41) is 0.875. The van der Waals surface area contributed by atoms with Crippen molar-refractivity contribution in [1.29, 1.82) is 0 Å². The quantitative estimate of drug-likeness (QED) is 0.201. The van der Waals surface area contributed by atoms with E-state index in [2.05, 4.69) is 75.4 Å². The lowest BCUT2D eigenvalue weighted by atomic mass is 9.90. The highest BCUT2D eigenvalue weighted by molar-refractivity contribution is 7.28. The van der Waals surface area contributed by atoms with Gasteiger partial charge in [-0.1, -0.05) is 0 Å². The molecule has 2 N–H and O–H groups in total. The number of anilines is 1. The van der Waals surface area contributed by atoms with Crippen LogP contribution in [0.3, 0.4) is 0 Å². The van der Waals surface area contributed by atoms with Gasteiger partial charge in [0, 0.05) is 53.6 Å². The van der Waals surface area contributed by atoms with Gasteiger partial charge < -0.3 is 5.73 Å². The predicted molar refractivity (Wildman–Crippen MR) is 191 cm³/mol. The number of thiophene rings is 6. The van der Waals surface area contributed by atoms with Crippen molar-refractivity contribution in [3.8, 4) is 59.9 Å². The Balaban J connectivity index is 1.07. The van der Waals surface area contributed by atoms with Crippen LogP contribution in [0.1, 0.15) is 38.3 Å². The lowest BCUT2D eigenvalue weighted by molar-refractivity contribution is 1.17. The Labute approximate surface area is 269 Å². The molecule has 0 saturated heterocycles. The lowest BCUT2D eigenvalue weighted by Gasteiger charge is -2.16. The van der Waals surface area contributed by atoms with Crippen molar-refractivity contribution in [3.05, 3.63) is 98.9 Å². The number of fused-ring (bicyclic) bond motifs is 6. The third kappa shape index (κ3) is 3.81. The van der Waals surface area contributed by atoms with E-state index in [1.807, 2.05) is 62.8 Å². The zero-order chi connectivity index (χ0) is 28.3. The first-order valence-corrected chi connectivity index (χ1v) is 18.8. The molecule has 0 spiro atoms. The van der Waals surface area contributed by atoms with Crippen LogP contribution in [0, 0.1) is 20.8 Å². The molecule has 7 aromatic rings. The van der Waals surface area contributed by atoms with E-state index in [-0.39, 0.29) is 0 Å². The van der Waals surface area contributed by atoms with Crippen molar-refractivity contribution in [2.24, 2.45) is 0 Å². The second kappa shape index (κ2) is 9.36. The number of hydrogen-bond donors (Lipinski definition) is 1. The van der Waals surface area contributed by atoms with Gasteiger partial charge in [-0.15, -0.1) is 68.0 Å². The van der Waals surface area contributed by atoms with E-state index in [1.54, 1.807) is 22.5 Å². The first kappa shape index (κ1) is 25.7. The molecule has 0 aliphatic heterocycles. The minimum atomic E-state index is 0.875. The summed E-state index contributed by atoms with van der Waals surface area (Å²) >= 11 is 11.3. The van der Waals surface area contributed by atoms with Gasteiger partial charge >= 0.3 is 0 Å². The van der Waals surface area contributed by atoms with Crippen LogP contribution in [-0.2, 0) is 12.8 Å². The van der Waals surface area contributed by atoms with Gasteiger partial charge in [-0.05, 0) is 139 Å². The Kier molecular flexibility index (Phi) is 5.72. The first-order valence-electron chi connectivity index (χ1n) is 13.9. The number of nitrogens with two attached hydrogens (primary N) is 1. The van der Waals surface area contributed by atoms with Crippen LogP contribution in [0.5, 0.6) is 0 Å². The Morgan fingerprint density at radius 3 is 1.36 bits per heavy atom. The van der Waals surface area contributed by atoms with Gasteiger partial charge in [0.15, 0.2) is 0 Å². The molecule has 0 amide bonds. The molecule has 2 aliphatic rings. The van der Waals surface area contributed by atoms with Gasteiger partial charge in [0.25, 0.3) is 0 Å². The molecule has 2 aliphatic carbocycles. The SMILES string of the molecule is Cc1ccc(-c2ccc(-c3cc4c(s3)-c3c(C)c5c(c(C)c3C4)-c3sc(-c4ccc(-c6ccc(N)s6)s4)cc3C5)s2)s1. The van der Waals surface area contributed by atoms with E-state index in [9.17, 15) is 0 Å². The summed E-state index contributed by atoms with van der Waals surface area (Å²) in [6.07, 6.45) is 2.10. The van der Waals surface area contributed by atoms with Gasteiger partial charge in [-0.2, -0.15) is 0 Å². The van der Waals surface area contributed by atoms with E-state index >= 15 is 0 Å². The highest BCUT2D eigenvalue weighted by Crippen LogP contribution is 2.56. The Morgan fingerprint density at radius 2 is 0.905 bits per heavy atom. The maximum absolute atomic E-state index is 6.00. The van der Waals surface area contributed by atoms with Crippen molar-refractivity contribution in [1.82, 2.24) is 0 Å². The summed E-state index contributed by atoms with van der Waals surface area (Å²) in [4.78, 5) is 15.2. The molecular formula is C35H25NS6. The average molecular weight is 652 g/mol. The molecule has 1 nitrogen and oxygen atoms in total. The fraction of sp³-hybridized carbons (Fsp3) is 0.143. The smallest absolute Gasteiger partial charge is 0.0863 e. The van der Waals surface area contributed by atoms with Gasteiger partial charge in [0.05, 0.1) is 5.00 Å². The fourth-order valence-electron chi connectivity index (χ4n) is 6.61. The predicted octanol–water partition coefficient (Wildman–Crippen LogP) is 12.4. The van der Waals surface area contributed by atoms with E-state index < -0.39 is 0 Å². The van der Waals surface area contributed by atoms with Gasteiger partial charge in [0.2, 0.25) is 0 Å². The topological polar surface area (TPSA) is 26.0 Å². The Hall–Kier alpha value is -2.78. The number of aryl methyl sites for hydroxylation is 1. The second-order valence-electron chi connectivity index (χ2n) is 11.2. The third-order valence-electron chi connectivity index (χ3n) is 8.62. The number of benzene rings is 1. The minimum Gasteiger partial charge on any atom is -0.391 e. The molecule has 6 heterocycles. The highest BCUT2D eigenvalue weighted by Gasteiger charge is 2.34. The molecule has 0 atom stereocenters. The van der Waals surface area contributed by atoms with Crippen LogP contribution in [-0.4, -0.2) is 0 Å². The molecule has 1 aromatic carbocycles. The maximum atomic E-state index is 6.00. The van der Waals surface area contributed by atoms with Crippen molar-refractivity contribution >= 4 is 73.0 Å². The van der Waals surface area contributed by atoms with Crippen LogP contribution in [0.4, 0.5) is 5.00 Å². The lowest BCUT2D eigenvalue weighted by Crippen LogP contribution is -1.97. The summed E-state index contributed by atoms with van der Waals surface area (Å²) in [5.41, 5.74) is 18.1. The number of nitrogen functional groups attached to an aromatic ring is 1. The standard InChI is InChI=1S/C35H25NS6/c1-16-4-5-23(37-16)24-6-8-27(38-24)29-14-19-12-21-18(3)33-22(17(2)32(21)34(19)41-29)13-20-15-30(42-35(20)33)28-9-7-25(39-28)26-10-11-31(36)40-26/h4-11,14-15H,12-13,36H2,1-3H3. The maximum Gasteiger partial charge on any atom is 0.0863 e. The third-order valence-corrected chi connectivity index (χ3v) is 15.9. The van der Waals surface area contributed by atoms with Crippen LogP contribution in [0.2, 0.25) is 0 Å². The molecule has 0 bridgehead atoms. The second-order valence-corrected chi connectivity index (χ2v) is 17.9. The number of rotatable bonds is 4. The van der Waals surface area contributed by atoms with Crippen LogP contribution in [0.25, 0.3) is 59.9 Å². The Morgan fingerprint density at radius 1 is 0.476 bits per heavy atom. The molecule has 206 valence electrons. The van der Waals surface area contributed by atoms with Gasteiger partial charge in [-0.3, -0.25) is 0 Å². The van der Waals surface area contributed by atoms with Gasteiger partial charge in [0.1, 0.15) is 0 Å². The zero-order valence-electron chi connectivity index (χ0n) is 23.2. The average Bonchev–Trinajstić information content (AvgIpc) is 3.79. The van der Waals surface area contributed by atoms with Crippen LogP contribution < -0.4 is 5.73 Å². The van der Waals surface area contributed by atoms with E-state index in [0.717, 1.165) is 17.8 Å². The minimum absolute atomic E-state index is 0.875. The molecule has 7 heteroatoms. The molecule has 0 fully saturated rings. The summed E-state index contributed by atoms with van der Waals surface area (Å²) < 4.78 is 0. The largest absolute Gasteiger partial charge is 0.391 e. The summed E-state index contributed by atoms with van der Waals surface area (Å²) in [6.45, 7) is 6.94. The molecule has 0 saturated carbocycles. The summed E-state index contributed by atoms with van der Waals surface area (Å²) in [6, 6.07) is 22.7. The van der Waals surface area contributed by atoms with E-state index in [1.165, 1.54) is 87.0 Å². The van der Waals surface area contributed by atoms with Crippen molar-refractivity contribution in [3.63, 3.8) is 0 Å². The molecular weight excluding hydrogens is 627 g/mol. The monoisotopic (exact) mass is 651 g/mol. The molecule has 6 aromatic heterocycles. The molecule has 0 radical (unpaired) electrons. The van der Waals surface area contributed by atoms with Crippen LogP contribution in [0.15, 0.2) is 60.7 Å². The normalized spacial score (nSPS) is 13.0. The molecule has 0 unspecified atom stereocenters. The number of hydrogen-bond acceptors (Lipinski definition) is 7. The van der Waals surface area contributed by atoms with Crippen molar-refractivity contribution in [2.45, 2.75) is 33.6 Å². The van der Waals surface area contributed by atoms with E-state index in [0.29, 0.717) is 0 Å². The zero-order valence-corrected chi connectivity index (χ0v) is 28.1. The van der Waals surface area contributed by atoms with Gasteiger partial charge in [-0.25, -0.2) is 0 Å². The summed E-state index contributed by atoms with van der Waals surface area (Å²) in [7, 11) is 0. The molecule has 42 heavy (non-hydrogen) atoms. The fourth-order valence-corrected chi connectivity index (χ4v) is 13.2. The Bertz CT molecular complexity index is 2050. The molecule has 9 rings (SSSR count). The highest BCUT2D eigenvalue weighted by atomic mass is 32.1. The van der Waals surface area contributed by atoms with E-state index in [4.69, 9.17) is 5.73 Å². The van der Waals surface area contributed by atoms with Crippen molar-refractivity contribution < 1.29 is 0 Å².